The Labute approximate surface area is 242 Å². The highest BCUT2D eigenvalue weighted by molar-refractivity contribution is 5.94. The first kappa shape index (κ1) is 25.6. The lowest BCUT2D eigenvalue weighted by Crippen LogP contribution is -1.91. The van der Waals surface area contributed by atoms with Gasteiger partial charge >= 0.3 is 0 Å². The maximum atomic E-state index is 10.5. The minimum Gasteiger partial charge on any atom is -0.497 e. The first-order valence-corrected chi connectivity index (χ1v) is 13.7. The molecule has 7 rings (SSSR count). The van der Waals surface area contributed by atoms with E-state index < -0.39 is 0 Å². The van der Waals surface area contributed by atoms with Gasteiger partial charge in [0, 0.05) is 38.8 Å². The van der Waals surface area contributed by atoms with Gasteiger partial charge in [-0.3, -0.25) is 0 Å². The van der Waals surface area contributed by atoms with Gasteiger partial charge in [-0.15, -0.1) is 0 Å². The highest BCUT2D eigenvalue weighted by atomic mass is 16.5. The Morgan fingerprint density at radius 1 is 0.619 bits per heavy atom. The Morgan fingerprint density at radius 3 is 1.90 bits per heavy atom. The molecule has 2 aliphatic heterocycles. The average molecular weight is 553 g/mol. The Kier molecular flexibility index (Phi) is 6.41. The fraction of sp³-hybridized carbons (Fsp3) is 0.0857. The summed E-state index contributed by atoms with van der Waals surface area (Å²) in [5, 5.41) is 10.5. The first-order chi connectivity index (χ1) is 20.6. The number of ether oxygens (including phenoxy) is 2. The highest BCUT2D eigenvalue weighted by Crippen LogP contribution is 2.35. The number of nitrogens with zero attached hydrogens (tertiary/aromatic N) is 2. The molecule has 0 radical (unpaired) electrons. The van der Waals surface area contributed by atoms with Crippen LogP contribution in [0.1, 0.15) is 28.3 Å². The molecule has 8 bridgehead atoms. The molecule has 0 atom stereocenters. The van der Waals surface area contributed by atoms with E-state index in [0.29, 0.717) is 11.3 Å². The third-order valence-electron chi connectivity index (χ3n) is 7.56. The number of H-pyrrole nitrogens is 2. The maximum Gasteiger partial charge on any atom is 0.119 e. The zero-order chi connectivity index (χ0) is 28.6. The molecule has 42 heavy (non-hydrogen) atoms. The lowest BCUT2D eigenvalue weighted by molar-refractivity contribution is 0.282. The Hall–Kier alpha value is -5.40. The van der Waals surface area contributed by atoms with E-state index in [0.717, 1.165) is 72.9 Å². The third-order valence-corrected chi connectivity index (χ3v) is 7.56. The van der Waals surface area contributed by atoms with Crippen LogP contribution in [0.2, 0.25) is 0 Å². The van der Waals surface area contributed by atoms with Crippen LogP contribution < -0.4 is 9.47 Å². The van der Waals surface area contributed by atoms with Gasteiger partial charge in [0.25, 0.3) is 0 Å². The van der Waals surface area contributed by atoms with Crippen molar-refractivity contribution in [2.75, 3.05) is 14.2 Å². The molecule has 2 aliphatic rings. The van der Waals surface area contributed by atoms with E-state index in [1.54, 1.807) is 14.2 Å². The summed E-state index contributed by atoms with van der Waals surface area (Å²) in [4.78, 5) is 17.1. The molecule has 0 unspecified atom stereocenters. The number of rotatable bonds is 5. The summed E-state index contributed by atoms with van der Waals surface area (Å²) < 4.78 is 11.0. The van der Waals surface area contributed by atoms with Crippen molar-refractivity contribution < 1.29 is 14.6 Å². The standard InChI is InChI=1S/C35H28N4O3/c1-41-25-7-3-5-21(17-25)34-30-11-9-23(36-30)19-24-10-12-31(37-24)35(22-6-4-8-26(18-22)42-2)33-16-14-29(39-33)27(20-40)28-13-15-32(34)38-28/h3-19,36,39-40H,20H2,1-2H3. The van der Waals surface area contributed by atoms with Gasteiger partial charge in [-0.25, -0.2) is 9.97 Å². The number of aromatic nitrogens is 4. The van der Waals surface area contributed by atoms with E-state index >= 15 is 0 Å². The van der Waals surface area contributed by atoms with Crippen LogP contribution in [0.15, 0.2) is 78.9 Å². The second-order valence-electron chi connectivity index (χ2n) is 10.1. The van der Waals surface area contributed by atoms with Crippen molar-refractivity contribution in [3.63, 3.8) is 0 Å². The van der Waals surface area contributed by atoms with Gasteiger partial charge in [0.1, 0.15) is 11.5 Å². The summed E-state index contributed by atoms with van der Waals surface area (Å²) in [6.07, 6.45) is 7.98. The van der Waals surface area contributed by atoms with E-state index in [-0.39, 0.29) is 6.61 Å². The summed E-state index contributed by atoms with van der Waals surface area (Å²) in [6.45, 7) is -0.181. The third kappa shape index (κ3) is 4.56. The number of hydrogen-bond acceptors (Lipinski definition) is 5. The molecule has 3 aromatic heterocycles. The smallest absolute Gasteiger partial charge is 0.119 e. The molecule has 5 heterocycles. The highest BCUT2D eigenvalue weighted by Gasteiger charge is 2.16. The number of methoxy groups -OCH3 is 2. The monoisotopic (exact) mass is 552 g/mol. The van der Waals surface area contributed by atoms with Crippen molar-refractivity contribution in [2.24, 2.45) is 0 Å². The SMILES string of the molecule is COc1cccc(-c2c3nc(c(CO)c4ccc([nH]4)c(-c4cccc(OC)c4)c4nc(cc5ccc2[nH]5)C=C4)C=C3)c1. The van der Waals surface area contributed by atoms with Crippen LogP contribution in [0.25, 0.3) is 68.6 Å². The molecule has 0 amide bonds. The number of aromatic amines is 2. The van der Waals surface area contributed by atoms with Crippen LogP contribution in [0.4, 0.5) is 0 Å². The minimum absolute atomic E-state index is 0.181. The molecule has 0 saturated carbocycles. The normalized spacial score (nSPS) is 12.1. The molecule has 206 valence electrons. The van der Waals surface area contributed by atoms with Crippen LogP contribution in [-0.4, -0.2) is 39.3 Å². The average Bonchev–Trinajstić information content (AvgIpc) is 3.84. The molecule has 7 heteroatoms. The number of benzene rings is 2. The zero-order valence-electron chi connectivity index (χ0n) is 23.2. The van der Waals surface area contributed by atoms with Crippen molar-refractivity contribution in [1.29, 1.82) is 0 Å². The van der Waals surface area contributed by atoms with E-state index in [4.69, 9.17) is 19.4 Å². The first-order valence-electron chi connectivity index (χ1n) is 13.7. The summed E-state index contributed by atoms with van der Waals surface area (Å²) in [7, 11) is 3.32. The van der Waals surface area contributed by atoms with Crippen LogP contribution in [0, 0.1) is 0 Å². The van der Waals surface area contributed by atoms with Gasteiger partial charge in [0.15, 0.2) is 0 Å². The van der Waals surface area contributed by atoms with Gasteiger partial charge < -0.3 is 24.5 Å². The molecule has 0 aliphatic carbocycles. The Morgan fingerprint density at radius 2 is 1.21 bits per heavy atom. The second-order valence-corrected chi connectivity index (χ2v) is 10.1. The minimum atomic E-state index is -0.181. The van der Waals surface area contributed by atoms with E-state index in [1.807, 2.05) is 97.1 Å². The molecule has 7 nitrogen and oxygen atoms in total. The molecule has 0 fully saturated rings. The van der Waals surface area contributed by atoms with Gasteiger partial charge in [0.05, 0.1) is 43.6 Å². The quantitative estimate of drug-likeness (QED) is 0.206. The Balaban J connectivity index is 1.59. The molecule has 2 aromatic carbocycles. The van der Waals surface area contributed by atoms with Crippen LogP contribution in [0.3, 0.4) is 0 Å². The number of fused-ring (bicyclic) bond motifs is 8. The van der Waals surface area contributed by atoms with E-state index in [2.05, 4.69) is 16.0 Å². The predicted octanol–water partition coefficient (Wildman–Crippen LogP) is 7.50. The number of aliphatic hydroxyl groups is 1. The zero-order valence-corrected chi connectivity index (χ0v) is 23.2. The van der Waals surface area contributed by atoms with E-state index in [9.17, 15) is 5.11 Å². The van der Waals surface area contributed by atoms with E-state index in [1.165, 1.54) is 0 Å². The van der Waals surface area contributed by atoms with Gasteiger partial charge in [-0.1, -0.05) is 24.3 Å². The fourth-order valence-electron chi connectivity index (χ4n) is 5.53. The van der Waals surface area contributed by atoms with Crippen molar-refractivity contribution >= 4 is 46.4 Å². The van der Waals surface area contributed by atoms with Crippen LogP contribution >= 0.6 is 0 Å². The summed E-state index contributed by atoms with van der Waals surface area (Å²) in [6, 6.07) is 26.0. The maximum absolute atomic E-state index is 10.5. The van der Waals surface area contributed by atoms with Gasteiger partial charge in [-0.05, 0) is 90.0 Å². The summed E-state index contributed by atoms with van der Waals surface area (Å²) in [5.74, 6) is 1.52. The topological polar surface area (TPSA) is 96.1 Å². The fourth-order valence-corrected chi connectivity index (χ4v) is 5.53. The number of nitrogens with one attached hydrogen (secondary N) is 2. The number of aliphatic hydroxyl groups excluding tert-OH is 1. The predicted molar refractivity (Wildman–Crippen MR) is 169 cm³/mol. The molecule has 0 saturated heterocycles. The molecule has 0 spiro atoms. The van der Waals surface area contributed by atoms with Crippen LogP contribution in [0.5, 0.6) is 11.5 Å². The molecule has 5 aromatic rings. The van der Waals surface area contributed by atoms with Gasteiger partial charge in [-0.2, -0.15) is 0 Å². The molecular weight excluding hydrogens is 524 g/mol. The Bertz CT molecular complexity index is 2020. The summed E-state index contributed by atoms with van der Waals surface area (Å²) >= 11 is 0. The molecular formula is C35H28N4O3. The van der Waals surface area contributed by atoms with Crippen molar-refractivity contribution in [3.8, 4) is 33.8 Å². The lowest BCUT2D eigenvalue weighted by Gasteiger charge is -2.07. The van der Waals surface area contributed by atoms with Gasteiger partial charge in [0.2, 0.25) is 0 Å². The van der Waals surface area contributed by atoms with Crippen molar-refractivity contribution in [3.05, 3.63) is 107 Å². The number of hydrogen-bond donors (Lipinski definition) is 3. The van der Waals surface area contributed by atoms with Crippen LogP contribution in [-0.2, 0) is 6.61 Å². The largest absolute Gasteiger partial charge is 0.497 e. The molecule has 3 N–H and O–H groups in total. The summed E-state index contributed by atoms with van der Waals surface area (Å²) in [5.41, 5.74) is 11.1. The second kappa shape index (κ2) is 10.5. The van der Waals surface area contributed by atoms with Crippen molar-refractivity contribution in [2.45, 2.75) is 6.61 Å². The van der Waals surface area contributed by atoms with Crippen molar-refractivity contribution in [1.82, 2.24) is 19.9 Å². The lowest BCUT2D eigenvalue weighted by atomic mass is 10.0.